The van der Waals surface area contributed by atoms with Crippen molar-refractivity contribution in [1.29, 1.82) is 0 Å². The quantitative estimate of drug-likeness (QED) is 0.678. The third kappa shape index (κ3) is 3.99. The standard InChI is InChI=1S/C8H20N2S/c1-8(2,7-9)10(3)5-6-11-4/h5-7,9H2,1-4H3. The first kappa shape index (κ1) is 11.3. The maximum atomic E-state index is 5.63. The number of nitrogens with zero attached hydrogens (tertiary/aromatic N) is 1. The van der Waals surface area contributed by atoms with Crippen LogP contribution in [0.1, 0.15) is 13.8 Å². The third-order valence-electron chi connectivity index (χ3n) is 2.16. The van der Waals surface area contributed by atoms with Crippen LogP contribution in [0.3, 0.4) is 0 Å². The maximum absolute atomic E-state index is 5.63. The van der Waals surface area contributed by atoms with Crippen molar-refractivity contribution in [3.63, 3.8) is 0 Å². The van der Waals surface area contributed by atoms with E-state index >= 15 is 0 Å². The van der Waals surface area contributed by atoms with Gasteiger partial charge in [0, 0.05) is 24.4 Å². The highest BCUT2D eigenvalue weighted by Crippen LogP contribution is 2.10. The van der Waals surface area contributed by atoms with E-state index in [0.717, 1.165) is 13.1 Å². The number of nitrogens with two attached hydrogens (primary N) is 1. The second-order valence-corrected chi connectivity index (χ2v) is 4.42. The zero-order valence-electron chi connectivity index (χ0n) is 8.05. The van der Waals surface area contributed by atoms with Crippen LogP contribution in [0.15, 0.2) is 0 Å². The van der Waals surface area contributed by atoms with E-state index < -0.39 is 0 Å². The van der Waals surface area contributed by atoms with Crippen LogP contribution in [0.2, 0.25) is 0 Å². The van der Waals surface area contributed by atoms with Gasteiger partial charge < -0.3 is 5.73 Å². The molecule has 0 heterocycles. The fraction of sp³-hybridized carbons (Fsp3) is 1.00. The van der Waals surface area contributed by atoms with Crippen molar-refractivity contribution in [3.05, 3.63) is 0 Å². The zero-order valence-corrected chi connectivity index (χ0v) is 8.87. The van der Waals surface area contributed by atoms with E-state index in [2.05, 4.69) is 32.1 Å². The van der Waals surface area contributed by atoms with Gasteiger partial charge in [-0.25, -0.2) is 0 Å². The van der Waals surface area contributed by atoms with Crippen molar-refractivity contribution in [2.75, 3.05) is 32.1 Å². The number of thioether (sulfide) groups is 1. The fourth-order valence-corrected chi connectivity index (χ4v) is 1.14. The molecule has 11 heavy (non-hydrogen) atoms. The van der Waals surface area contributed by atoms with Crippen LogP contribution in [0.25, 0.3) is 0 Å². The van der Waals surface area contributed by atoms with Gasteiger partial charge in [0.1, 0.15) is 0 Å². The Labute approximate surface area is 74.5 Å². The van der Waals surface area contributed by atoms with Gasteiger partial charge in [0.15, 0.2) is 0 Å². The van der Waals surface area contributed by atoms with E-state index in [9.17, 15) is 0 Å². The summed E-state index contributed by atoms with van der Waals surface area (Å²) in [6.07, 6.45) is 2.13. The molecule has 0 aromatic carbocycles. The van der Waals surface area contributed by atoms with E-state index in [-0.39, 0.29) is 5.54 Å². The van der Waals surface area contributed by atoms with Gasteiger partial charge in [0.2, 0.25) is 0 Å². The molecule has 0 rings (SSSR count). The van der Waals surface area contributed by atoms with E-state index in [1.54, 1.807) is 0 Å². The highest BCUT2D eigenvalue weighted by molar-refractivity contribution is 7.98. The molecule has 0 aliphatic carbocycles. The molecule has 0 amide bonds. The average Bonchev–Trinajstić information content (AvgIpc) is 2.00. The summed E-state index contributed by atoms with van der Waals surface area (Å²) >= 11 is 1.87. The molecule has 0 atom stereocenters. The molecule has 0 aromatic heterocycles. The fourth-order valence-electron chi connectivity index (χ4n) is 0.687. The number of hydrogen-bond acceptors (Lipinski definition) is 3. The molecule has 0 spiro atoms. The molecule has 0 bridgehead atoms. The van der Waals surface area contributed by atoms with Crippen LogP contribution in [-0.2, 0) is 0 Å². The van der Waals surface area contributed by atoms with Crippen LogP contribution in [0.5, 0.6) is 0 Å². The van der Waals surface area contributed by atoms with Crippen molar-refractivity contribution in [2.45, 2.75) is 19.4 Å². The minimum atomic E-state index is 0.149. The van der Waals surface area contributed by atoms with Crippen LogP contribution < -0.4 is 5.73 Å². The lowest BCUT2D eigenvalue weighted by Crippen LogP contribution is -2.47. The molecular formula is C8H20N2S. The molecule has 0 unspecified atom stereocenters. The van der Waals surface area contributed by atoms with Gasteiger partial charge in [-0.1, -0.05) is 0 Å². The highest BCUT2D eigenvalue weighted by Gasteiger charge is 2.20. The minimum absolute atomic E-state index is 0.149. The summed E-state index contributed by atoms with van der Waals surface area (Å²) in [4.78, 5) is 2.31. The summed E-state index contributed by atoms with van der Waals surface area (Å²) in [5.74, 6) is 1.18. The van der Waals surface area contributed by atoms with Crippen LogP contribution in [0.4, 0.5) is 0 Å². The third-order valence-corrected chi connectivity index (χ3v) is 2.75. The maximum Gasteiger partial charge on any atom is 0.0272 e. The Balaban J connectivity index is 3.71. The zero-order chi connectivity index (χ0) is 8.91. The van der Waals surface area contributed by atoms with E-state index in [1.165, 1.54) is 5.75 Å². The number of hydrogen-bond donors (Lipinski definition) is 1. The van der Waals surface area contributed by atoms with Crippen LogP contribution >= 0.6 is 11.8 Å². The second-order valence-electron chi connectivity index (χ2n) is 3.43. The first-order chi connectivity index (χ1) is 5.04. The van der Waals surface area contributed by atoms with Gasteiger partial charge in [-0.15, -0.1) is 0 Å². The van der Waals surface area contributed by atoms with Crippen molar-refractivity contribution in [3.8, 4) is 0 Å². The van der Waals surface area contributed by atoms with Crippen molar-refractivity contribution in [1.82, 2.24) is 4.90 Å². The summed E-state index contributed by atoms with van der Waals surface area (Å²) in [6, 6.07) is 0. The van der Waals surface area contributed by atoms with Gasteiger partial charge in [-0.2, -0.15) is 11.8 Å². The largest absolute Gasteiger partial charge is 0.329 e. The number of likely N-dealkylation sites (N-methyl/N-ethyl adjacent to an activating group) is 1. The van der Waals surface area contributed by atoms with Gasteiger partial charge in [-0.3, -0.25) is 4.90 Å². The first-order valence-corrected chi connectivity index (χ1v) is 5.34. The van der Waals surface area contributed by atoms with Crippen LogP contribution in [-0.4, -0.2) is 42.6 Å². The molecule has 0 aromatic rings. The molecule has 0 saturated carbocycles. The predicted octanol–water partition coefficient (Wildman–Crippen LogP) is 1.02. The van der Waals surface area contributed by atoms with Crippen molar-refractivity contribution >= 4 is 11.8 Å². The first-order valence-electron chi connectivity index (χ1n) is 3.95. The predicted molar refractivity (Wildman–Crippen MR) is 54.1 cm³/mol. The van der Waals surface area contributed by atoms with E-state index in [4.69, 9.17) is 5.73 Å². The molecule has 3 heteroatoms. The molecule has 2 N–H and O–H groups in total. The molecule has 0 fully saturated rings. The molecule has 0 saturated heterocycles. The van der Waals surface area contributed by atoms with Gasteiger partial charge in [-0.05, 0) is 27.2 Å². The molecule has 0 aliphatic heterocycles. The lowest BCUT2D eigenvalue weighted by atomic mass is 10.0. The molecule has 0 aliphatic rings. The summed E-state index contributed by atoms with van der Waals surface area (Å²) in [6.45, 7) is 6.18. The van der Waals surface area contributed by atoms with Crippen LogP contribution in [0, 0.1) is 0 Å². The van der Waals surface area contributed by atoms with Gasteiger partial charge in [0.05, 0.1) is 0 Å². The van der Waals surface area contributed by atoms with E-state index in [1.807, 2.05) is 11.8 Å². The smallest absolute Gasteiger partial charge is 0.0272 e. The SMILES string of the molecule is CSCCN(C)C(C)(C)CN. The minimum Gasteiger partial charge on any atom is -0.329 e. The van der Waals surface area contributed by atoms with Gasteiger partial charge in [0.25, 0.3) is 0 Å². The molecule has 68 valence electrons. The molecule has 2 nitrogen and oxygen atoms in total. The Morgan fingerprint density at radius 1 is 1.45 bits per heavy atom. The normalized spacial score (nSPS) is 12.5. The average molecular weight is 176 g/mol. The lowest BCUT2D eigenvalue weighted by Gasteiger charge is -2.34. The lowest BCUT2D eigenvalue weighted by molar-refractivity contribution is 0.174. The topological polar surface area (TPSA) is 29.3 Å². The Morgan fingerprint density at radius 2 is 2.00 bits per heavy atom. The van der Waals surface area contributed by atoms with E-state index in [0.29, 0.717) is 0 Å². The number of rotatable bonds is 5. The summed E-state index contributed by atoms with van der Waals surface area (Å²) in [5.41, 5.74) is 5.78. The summed E-state index contributed by atoms with van der Waals surface area (Å²) < 4.78 is 0. The monoisotopic (exact) mass is 176 g/mol. The summed E-state index contributed by atoms with van der Waals surface area (Å²) in [7, 11) is 2.13. The molecule has 0 radical (unpaired) electrons. The Hall–Kier alpha value is 0.270. The highest BCUT2D eigenvalue weighted by atomic mass is 32.2. The Bertz CT molecular complexity index is 104. The van der Waals surface area contributed by atoms with Gasteiger partial charge >= 0.3 is 0 Å². The van der Waals surface area contributed by atoms with Crippen molar-refractivity contribution in [2.24, 2.45) is 5.73 Å². The Kier molecular flexibility index (Phi) is 5.13. The van der Waals surface area contributed by atoms with Crippen molar-refractivity contribution < 1.29 is 0 Å². The Morgan fingerprint density at radius 3 is 2.36 bits per heavy atom. The molecular weight excluding hydrogens is 156 g/mol. The second kappa shape index (κ2) is 5.01. The summed E-state index contributed by atoms with van der Waals surface area (Å²) in [5, 5.41) is 0.